The summed E-state index contributed by atoms with van der Waals surface area (Å²) in [6, 6.07) is 17.9. The topological polar surface area (TPSA) is 84.5 Å². The maximum Gasteiger partial charge on any atom is 0.261 e. The molecule has 30 heavy (non-hydrogen) atoms. The van der Waals surface area contributed by atoms with Gasteiger partial charge in [-0.05, 0) is 61.9 Å². The van der Waals surface area contributed by atoms with E-state index in [0.717, 1.165) is 5.56 Å². The molecule has 6 nitrogen and oxygen atoms in total. The molecule has 0 heterocycles. The molecule has 156 valence electrons. The van der Waals surface area contributed by atoms with Gasteiger partial charge in [-0.2, -0.15) is 0 Å². The average molecular weight is 445 g/mol. The van der Waals surface area contributed by atoms with Crippen LogP contribution in [0.15, 0.2) is 71.6 Å². The number of anilines is 2. The molecular formula is C22H21ClN2O4S. The highest BCUT2D eigenvalue weighted by Gasteiger charge is 2.19. The van der Waals surface area contributed by atoms with Gasteiger partial charge in [-0.3, -0.25) is 9.52 Å². The summed E-state index contributed by atoms with van der Waals surface area (Å²) < 4.78 is 34.0. The quantitative estimate of drug-likeness (QED) is 0.531. The van der Waals surface area contributed by atoms with E-state index in [9.17, 15) is 13.2 Å². The van der Waals surface area contributed by atoms with Crippen LogP contribution in [0.4, 0.5) is 11.4 Å². The van der Waals surface area contributed by atoms with Gasteiger partial charge in [0, 0.05) is 10.6 Å². The van der Waals surface area contributed by atoms with E-state index in [-0.39, 0.29) is 16.5 Å². The lowest BCUT2D eigenvalue weighted by Crippen LogP contribution is -2.16. The van der Waals surface area contributed by atoms with Crippen molar-refractivity contribution < 1.29 is 17.9 Å². The third kappa shape index (κ3) is 5.11. The van der Waals surface area contributed by atoms with Crippen LogP contribution in [-0.2, 0) is 10.0 Å². The molecule has 3 aromatic rings. The van der Waals surface area contributed by atoms with Crippen LogP contribution in [0, 0.1) is 6.92 Å². The first-order valence-corrected chi connectivity index (χ1v) is 11.1. The number of carbonyl (C=O) groups is 1. The number of rotatable bonds is 7. The number of carbonyl (C=O) groups excluding carboxylic acids is 1. The number of ether oxygens (including phenoxy) is 1. The molecule has 0 atom stereocenters. The fraction of sp³-hybridized carbons (Fsp3) is 0.136. The minimum absolute atomic E-state index is 0.0197. The van der Waals surface area contributed by atoms with Crippen molar-refractivity contribution in [1.29, 1.82) is 0 Å². The Morgan fingerprint density at radius 3 is 2.43 bits per heavy atom. The third-order valence-electron chi connectivity index (χ3n) is 4.29. The third-order valence-corrected chi connectivity index (χ3v) is 5.89. The van der Waals surface area contributed by atoms with E-state index in [1.54, 1.807) is 62.4 Å². The van der Waals surface area contributed by atoms with Gasteiger partial charge in [-0.1, -0.05) is 35.9 Å². The van der Waals surface area contributed by atoms with Gasteiger partial charge in [0.1, 0.15) is 5.75 Å². The zero-order chi connectivity index (χ0) is 21.7. The first-order chi connectivity index (χ1) is 14.3. The van der Waals surface area contributed by atoms with Gasteiger partial charge in [-0.25, -0.2) is 8.42 Å². The molecule has 0 saturated heterocycles. The van der Waals surface area contributed by atoms with Gasteiger partial charge < -0.3 is 10.1 Å². The molecule has 1 amide bonds. The molecule has 0 aliphatic carbocycles. The van der Waals surface area contributed by atoms with Crippen molar-refractivity contribution in [3.63, 3.8) is 0 Å². The maximum absolute atomic E-state index is 12.9. The Hall–Kier alpha value is -3.03. The molecule has 0 saturated carbocycles. The van der Waals surface area contributed by atoms with Crippen LogP contribution in [0.2, 0.25) is 5.02 Å². The Morgan fingerprint density at radius 1 is 1.00 bits per heavy atom. The maximum atomic E-state index is 12.9. The number of aryl methyl sites for hydroxylation is 1. The Morgan fingerprint density at radius 2 is 1.73 bits per heavy atom. The number of sulfonamides is 1. The summed E-state index contributed by atoms with van der Waals surface area (Å²) in [7, 11) is -3.92. The Labute approximate surface area is 180 Å². The number of halogens is 1. The normalized spacial score (nSPS) is 11.0. The molecule has 0 fully saturated rings. The number of nitrogens with one attached hydrogen (secondary N) is 2. The van der Waals surface area contributed by atoms with Crippen molar-refractivity contribution in [2.24, 2.45) is 0 Å². The molecule has 3 aromatic carbocycles. The van der Waals surface area contributed by atoms with E-state index in [1.807, 2.05) is 0 Å². The van der Waals surface area contributed by atoms with Crippen LogP contribution >= 0.6 is 11.6 Å². The molecule has 0 aliphatic heterocycles. The van der Waals surface area contributed by atoms with Gasteiger partial charge in [0.05, 0.1) is 22.9 Å². The zero-order valence-corrected chi connectivity index (χ0v) is 18.0. The SMILES string of the molecule is CCOc1ccc(S(=O)(=O)Nc2cc(Cl)ccc2C)cc1NC(=O)c1ccccc1. The molecule has 0 bridgehead atoms. The summed E-state index contributed by atoms with van der Waals surface area (Å²) in [5.41, 5.74) is 1.81. The highest BCUT2D eigenvalue weighted by molar-refractivity contribution is 7.92. The summed E-state index contributed by atoms with van der Waals surface area (Å²) in [6.07, 6.45) is 0. The molecule has 0 spiro atoms. The van der Waals surface area contributed by atoms with Crippen LogP contribution in [0.25, 0.3) is 0 Å². The zero-order valence-electron chi connectivity index (χ0n) is 16.5. The average Bonchev–Trinajstić information content (AvgIpc) is 2.72. The molecule has 0 unspecified atom stereocenters. The number of hydrogen-bond acceptors (Lipinski definition) is 4. The lowest BCUT2D eigenvalue weighted by atomic mass is 10.2. The van der Waals surface area contributed by atoms with Gasteiger partial charge in [-0.15, -0.1) is 0 Å². The summed E-state index contributed by atoms with van der Waals surface area (Å²) in [6.45, 7) is 3.94. The lowest BCUT2D eigenvalue weighted by Gasteiger charge is -2.15. The van der Waals surface area contributed by atoms with Crippen LogP contribution < -0.4 is 14.8 Å². The van der Waals surface area contributed by atoms with Crippen LogP contribution in [0.5, 0.6) is 5.75 Å². The molecule has 0 radical (unpaired) electrons. The van der Waals surface area contributed by atoms with Gasteiger partial charge in [0.25, 0.3) is 15.9 Å². The van der Waals surface area contributed by atoms with E-state index < -0.39 is 10.0 Å². The van der Waals surface area contributed by atoms with E-state index in [0.29, 0.717) is 28.6 Å². The first kappa shape index (κ1) is 21.7. The molecule has 3 rings (SSSR count). The van der Waals surface area contributed by atoms with Crippen molar-refractivity contribution >= 4 is 38.9 Å². The number of hydrogen-bond donors (Lipinski definition) is 2. The van der Waals surface area contributed by atoms with E-state index in [4.69, 9.17) is 16.3 Å². The number of benzene rings is 3. The Bertz CT molecular complexity index is 1170. The monoisotopic (exact) mass is 444 g/mol. The van der Waals surface area contributed by atoms with E-state index in [1.165, 1.54) is 18.2 Å². The Kier molecular flexibility index (Phi) is 6.64. The van der Waals surface area contributed by atoms with Crippen LogP contribution in [-0.4, -0.2) is 20.9 Å². The molecular weight excluding hydrogens is 424 g/mol. The fourth-order valence-corrected chi connectivity index (χ4v) is 4.07. The predicted octanol–water partition coefficient (Wildman–Crippen LogP) is 5.10. The van der Waals surface area contributed by atoms with Gasteiger partial charge in [0.15, 0.2) is 0 Å². The van der Waals surface area contributed by atoms with Crippen molar-refractivity contribution in [3.05, 3.63) is 82.9 Å². The van der Waals surface area contributed by atoms with Crippen LogP contribution in [0.1, 0.15) is 22.8 Å². The molecule has 0 aromatic heterocycles. The van der Waals surface area contributed by atoms with Crippen molar-refractivity contribution in [3.8, 4) is 5.75 Å². The fourth-order valence-electron chi connectivity index (χ4n) is 2.75. The first-order valence-electron chi connectivity index (χ1n) is 9.22. The summed E-state index contributed by atoms with van der Waals surface area (Å²) >= 11 is 5.99. The van der Waals surface area contributed by atoms with E-state index >= 15 is 0 Å². The summed E-state index contributed by atoms with van der Waals surface area (Å²) in [5, 5.41) is 3.15. The van der Waals surface area contributed by atoms with Gasteiger partial charge >= 0.3 is 0 Å². The molecule has 2 N–H and O–H groups in total. The molecule has 8 heteroatoms. The van der Waals surface area contributed by atoms with Crippen molar-refractivity contribution in [1.82, 2.24) is 0 Å². The van der Waals surface area contributed by atoms with Crippen molar-refractivity contribution in [2.75, 3.05) is 16.6 Å². The van der Waals surface area contributed by atoms with Crippen molar-refractivity contribution in [2.45, 2.75) is 18.7 Å². The lowest BCUT2D eigenvalue weighted by molar-refractivity contribution is 0.102. The highest BCUT2D eigenvalue weighted by Crippen LogP contribution is 2.30. The second-order valence-corrected chi connectivity index (χ2v) is 8.59. The smallest absolute Gasteiger partial charge is 0.261 e. The number of amides is 1. The highest BCUT2D eigenvalue weighted by atomic mass is 35.5. The minimum Gasteiger partial charge on any atom is -0.492 e. The van der Waals surface area contributed by atoms with E-state index in [2.05, 4.69) is 10.0 Å². The van der Waals surface area contributed by atoms with Crippen LogP contribution in [0.3, 0.4) is 0 Å². The second kappa shape index (κ2) is 9.19. The van der Waals surface area contributed by atoms with Gasteiger partial charge in [0.2, 0.25) is 0 Å². The second-order valence-electron chi connectivity index (χ2n) is 6.48. The molecule has 0 aliphatic rings. The standard InChI is InChI=1S/C22H21ClN2O4S/c1-3-29-21-12-11-18(14-20(21)24-22(26)16-7-5-4-6-8-16)30(27,28)25-19-13-17(23)10-9-15(19)2/h4-14,25H,3H2,1-2H3,(H,24,26). The summed E-state index contributed by atoms with van der Waals surface area (Å²) in [4.78, 5) is 12.5. The summed E-state index contributed by atoms with van der Waals surface area (Å²) in [5.74, 6) is 0.00409. The largest absolute Gasteiger partial charge is 0.492 e. The Balaban J connectivity index is 1.94. The predicted molar refractivity (Wildman–Crippen MR) is 119 cm³/mol. The minimum atomic E-state index is -3.92.